The zero-order valence-corrected chi connectivity index (χ0v) is 18.1. The molecule has 2 heterocycles. The Hall–Kier alpha value is -3.39. The summed E-state index contributed by atoms with van der Waals surface area (Å²) in [4.78, 5) is 12.9. The smallest absolute Gasteiger partial charge is 0.338 e. The van der Waals surface area contributed by atoms with Crippen LogP contribution in [0, 0.1) is 0 Å². The Labute approximate surface area is 184 Å². The van der Waals surface area contributed by atoms with Crippen molar-refractivity contribution in [3.63, 3.8) is 0 Å². The number of carbonyl (C=O) groups is 1. The maximum atomic E-state index is 12.9. The number of ether oxygens (including phenoxy) is 2. The highest BCUT2D eigenvalue weighted by Crippen LogP contribution is 2.35. The van der Waals surface area contributed by atoms with Crippen molar-refractivity contribution in [2.75, 3.05) is 5.32 Å². The van der Waals surface area contributed by atoms with E-state index < -0.39 is 12.0 Å². The minimum absolute atomic E-state index is 0.246. The molecule has 0 spiro atoms. The Morgan fingerprint density at radius 3 is 2.65 bits per heavy atom. The van der Waals surface area contributed by atoms with Crippen molar-refractivity contribution in [1.29, 1.82) is 0 Å². The molecule has 0 fully saturated rings. The first-order valence-electron chi connectivity index (χ1n) is 9.87. The number of hydrogen-bond acceptors (Lipinski definition) is 7. The number of carbonyl (C=O) groups excluding carboxylic acids is 1. The van der Waals surface area contributed by atoms with E-state index in [4.69, 9.17) is 21.1 Å². The Bertz CT molecular complexity index is 1120. The molecular weight excluding hydrogens is 418 g/mol. The molecule has 4 rings (SSSR count). The summed E-state index contributed by atoms with van der Waals surface area (Å²) in [5.41, 5.74) is 2.84. The lowest BCUT2D eigenvalue weighted by atomic mass is 9.95. The van der Waals surface area contributed by atoms with E-state index in [2.05, 4.69) is 20.8 Å². The van der Waals surface area contributed by atoms with E-state index in [-0.39, 0.29) is 6.10 Å². The van der Waals surface area contributed by atoms with Crippen LogP contribution in [-0.2, 0) is 16.1 Å². The monoisotopic (exact) mass is 439 g/mol. The van der Waals surface area contributed by atoms with Crippen LogP contribution in [0.3, 0.4) is 0 Å². The minimum atomic E-state index is -0.518. The highest BCUT2D eigenvalue weighted by Gasteiger charge is 2.35. The number of anilines is 1. The zero-order valence-electron chi connectivity index (χ0n) is 17.4. The summed E-state index contributed by atoms with van der Waals surface area (Å²) in [7, 11) is 0. The van der Waals surface area contributed by atoms with Crippen molar-refractivity contribution in [3.8, 4) is 5.75 Å². The molecule has 1 aliphatic rings. The van der Waals surface area contributed by atoms with E-state index in [1.807, 2.05) is 69.3 Å². The molecule has 0 aliphatic carbocycles. The number of benzene rings is 2. The molecule has 3 aromatic rings. The van der Waals surface area contributed by atoms with Gasteiger partial charge in [0, 0.05) is 16.3 Å². The fraction of sp³-hybridized carbons (Fsp3) is 0.273. The van der Waals surface area contributed by atoms with E-state index in [1.54, 1.807) is 4.68 Å². The molecule has 0 amide bonds. The van der Waals surface area contributed by atoms with Crippen LogP contribution in [0.5, 0.6) is 5.75 Å². The molecule has 1 aliphatic heterocycles. The standard InChI is InChI=1S/C22H22ClN5O3/c1-13(2)31-21(29)19-14(3)24-22-25-26-27-28(22)20(19)15-8-10-17(11-9-15)30-12-16-6-4-5-7-18(16)23/h4-11,13,20H,12H2,1-3H3,(H,24,25,27). The van der Waals surface area contributed by atoms with Gasteiger partial charge in [0.2, 0.25) is 5.95 Å². The van der Waals surface area contributed by atoms with Gasteiger partial charge in [-0.1, -0.05) is 47.0 Å². The van der Waals surface area contributed by atoms with E-state index in [0.717, 1.165) is 11.1 Å². The summed E-state index contributed by atoms with van der Waals surface area (Å²) in [6.45, 7) is 5.79. The van der Waals surface area contributed by atoms with Crippen LogP contribution in [0.4, 0.5) is 5.95 Å². The molecule has 1 atom stereocenters. The molecule has 1 N–H and O–H groups in total. The summed E-state index contributed by atoms with van der Waals surface area (Å²) >= 11 is 6.19. The number of allylic oxidation sites excluding steroid dienone is 1. The topological polar surface area (TPSA) is 91.2 Å². The first kappa shape index (κ1) is 20.9. The van der Waals surface area contributed by atoms with Gasteiger partial charge in [0.1, 0.15) is 18.4 Å². The molecule has 0 bridgehead atoms. The van der Waals surface area contributed by atoms with Crippen molar-refractivity contribution in [3.05, 3.63) is 76.0 Å². The fourth-order valence-electron chi connectivity index (χ4n) is 3.39. The van der Waals surface area contributed by atoms with Crippen molar-refractivity contribution in [1.82, 2.24) is 20.2 Å². The lowest BCUT2D eigenvalue weighted by Crippen LogP contribution is -2.30. The van der Waals surface area contributed by atoms with Crippen LogP contribution < -0.4 is 10.1 Å². The number of nitrogens with zero attached hydrogens (tertiary/aromatic N) is 4. The van der Waals surface area contributed by atoms with Gasteiger partial charge in [-0.25, -0.2) is 4.79 Å². The normalized spacial score (nSPS) is 15.5. The first-order chi connectivity index (χ1) is 14.9. The average Bonchev–Trinajstić information content (AvgIpc) is 3.20. The van der Waals surface area contributed by atoms with Gasteiger partial charge in [-0.15, -0.1) is 0 Å². The van der Waals surface area contributed by atoms with Crippen molar-refractivity contribution in [2.45, 2.75) is 39.5 Å². The van der Waals surface area contributed by atoms with E-state index >= 15 is 0 Å². The molecule has 160 valence electrons. The van der Waals surface area contributed by atoms with Crippen molar-refractivity contribution >= 4 is 23.5 Å². The lowest BCUT2D eigenvalue weighted by Gasteiger charge is -2.28. The molecule has 0 radical (unpaired) electrons. The van der Waals surface area contributed by atoms with Crippen molar-refractivity contribution < 1.29 is 14.3 Å². The highest BCUT2D eigenvalue weighted by atomic mass is 35.5. The van der Waals surface area contributed by atoms with Gasteiger partial charge in [0.15, 0.2) is 0 Å². The lowest BCUT2D eigenvalue weighted by molar-refractivity contribution is -0.143. The van der Waals surface area contributed by atoms with Gasteiger partial charge in [-0.3, -0.25) is 0 Å². The maximum absolute atomic E-state index is 12.9. The number of esters is 1. The number of halogens is 1. The summed E-state index contributed by atoms with van der Waals surface area (Å²) < 4.78 is 12.9. The third-order valence-corrected chi connectivity index (χ3v) is 5.19. The molecule has 0 saturated heterocycles. The number of tetrazole rings is 1. The number of rotatable bonds is 6. The molecule has 8 nitrogen and oxygen atoms in total. The quantitative estimate of drug-likeness (QED) is 0.577. The van der Waals surface area contributed by atoms with Crippen molar-refractivity contribution in [2.24, 2.45) is 0 Å². The molecule has 0 saturated carbocycles. The second-order valence-corrected chi connectivity index (χ2v) is 7.82. The van der Waals surface area contributed by atoms with Crippen LogP contribution in [0.15, 0.2) is 59.8 Å². The summed E-state index contributed by atoms with van der Waals surface area (Å²) in [6, 6.07) is 14.5. The molecular formula is C22H22ClN5O3. The number of fused-ring (bicyclic) bond motifs is 1. The number of nitrogens with one attached hydrogen (secondary N) is 1. The summed E-state index contributed by atoms with van der Waals surface area (Å²) in [5, 5.41) is 15.5. The van der Waals surface area contributed by atoms with Crippen LogP contribution >= 0.6 is 11.6 Å². The van der Waals surface area contributed by atoms with Gasteiger partial charge >= 0.3 is 5.97 Å². The van der Waals surface area contributed by atoms with Crippen LogP contribution in [0.1, 0.15) is 37.9 Å². The Morgan fingerprint density at radius 1 is 1.19 bits per heavy atom. The molecule has 2 aromatic carbocycles. The fourth-order valence-corrected chi connectivity index (χ4v) is 3.58. The average molecular weight is 440 g/mol. The highest BCUT2D eigenvalue weighted by molar-refractivity contribution is 6.31. The minimum Gasteiger partial charge on any atom is -0.489 e. The molecule has 1 aromatic heterocycles. The number of aromatic nitrogens is 4. The second-order valence-electron chi connectivity index (χ2n) is 7.42. The first-order valence-corrected chi connectivity index (χ1v) is 10.2. The molecule has 31 heavy (non-hydrogen) atoms. The van der Waals surface area contributed by atoms with E-state index in [0.29, 0.717) is 34.6 Å². The molecule has 1 unspecified atom stereocenters. The second kappa shape index (κ2) is 8.77. The van der Waals surface area contributed by atoms with E-state index in [9.17, 15) is 4.79 Å². The van der Waals surface area contributed by atoms with Crippen LogP contribution in [-0.4, -0.2) is 32.3 Å². The summed E-state index contributed by atoms with van der Waals surface area (Å²) in [5.74, 6) is 0.731. The SMILES string of the molecule is CC1=C(C(=O)OC(C)C)C(c2ccc(OCc3ccccc3Cl)cc2)n2nnnc2N1. The third-order valence-electron chi connectivity index (χ3n) is 4.82. The maximum Gasteiger partial charge on any atom is 0.338 e. The van der Waals surface area contributed by atoms with Crippen LogP contribution in [0.25, 0.3) is 0 Å². The Morgan fingerprint density at radius 2 is 1.94 bits per heavy atom. The predicted molar refractivity (Wildman–Crippen MR) is 116 cm³/mol. The number of hydrogen-bond donors (Lipinski definition) is 1. The third kappa shape index (κ3) is 4.39. The van der Waals surface area contributed by atoms with Gasteiger partial charge in [0.25, 0.3) is 0 Å². The zero-order chi connectivity index (χ0) is 22.0. The van der Waals surface area contributed by atoms with Gasteiger partial charge in [0.05, 0.1) is 11.7 Å². The van der Waals surface area contributed by atoms with Gasteiger partial charge in [-0.05, 0) is 55.0 Å². The van der Waals surface area contributed by atoms with Crippen LogP contribution in [0.2, 0.25) is 5.02 Å². The summed E-state index contributed by atoms with van der Waals surface area (Å²) in [6.07, 6.45) is -0.246. The molecule has 9 heteroatoms. The van der Waals surface area contributed by atoms with E-state index in [1.165, 1.54) is 0 Å². The predicted octanol–water partition coefficient (Wildman–Crippen LogP) is 4.15. The largest absolute Gasteiger partial charge is 0.489 e. The Balaban J connectivity index is 1.60. The Kier molecular flexibility index (Phi) is 5.90. The van der Waals surface area contributed by atoms with Gasteiger partial charge < -0.3 is 14.8 Å². The van der Waals surface area contributed by atoms with Gasteiger partial charge in [-0.2, -0.15) is 4.68 Å².